The highest BCUT2D eigenvalue weighted by atomic mass is 35.5. The zero-order valence-electron chi connectivity index (χ0n) is 13.4. The van der Waals surface area contributed by atoms with Gasteiger partial charge in [-0.1, -0.05) is 60.1 Å². The summed E-state index contributed by atoms with van der Waals surface area (Å²) < 4.78 is 33.2. The van der Waals surface area contributed by atoms with Gasteiger partial charge < -0.3 is 4.74 Å². The van der Waals surface area contributed by atoms with Gasteiger partial charge in [-0.3, -0.25) is 4.72 Å². The molecule has 0 bridgehead atoms. The highest BCUT2D eigenvalue weighted by molar-refractivity contribution is 7.92. The number of benzene rings is 3. The van der Waals surface area contributed by atoms with E-state index in [0.717, 1.165) is 11.1 Å². The summed E-state index contributed by atoms with van der Waals surface area (Å²) >= 11 is 6.05. The molecule has 0 unspecified atom stereocenters. The number of para-hydroxylation sites is 1. The van der Waals surface area contributed by atoms with E-state index in [1.165, 1.54) is 25.3 Å². The van der Waals surface area contributed by atoms with Crippen molar-refractivity contribution in [3.05, 3.63) is 77.8 Å². The second kappa shape index (κ2) is 7.17. The van der Waals surface area contributed by atoms with E-state index in [-0.39, 0.29) is 9.92 Å². The summed E-state index contributed by atoms with van der Waals surface area (Å²) in [5.74, 6) is 0.422. The Morgan fingerprint density at radius 3 is 2.28 bits per heavy atom. The van der Waals surface area contributed by atoms with Gasteiger partial charge in [-0.25, -0.2) is 8.42 Å². The number of methoxy groups -OCH3 is 1. The van der Waals surface area contributed by atoms with Crippen molar-refractivity contribution in [3.63, 3.8) is 0 Å². The third-order valence-electron chi connectivity index (χ3n) is 3.69. The Hall–Kier alpha value is -2.50. The molecule has 6 heteroatoms. The van der Waals surface area contributed by atoms with Crippen LogP contribution in [0.15, 0.2) is 77.7 Å². The Balaban J connectivity index is 1.98. The fourth-order valence-electron chi connectivity index (χ4n) is 2.46. The molecule has 0 aliphatic carbocycles. The standard InChI is InChI=1S/C19H16ClNO3S/c1-24-19-12-11-15(13-17(19)20)25(22,23)21-18-10-6-5-9-16(18)14-7-3-2-4-8-14/h2-13,21H,1H3. The van der Waals surface area contributed by atoms with Crippen molar-refractivity contribution in [1.82, 2.24) is 0 Å². The molecule has 0 heterocycles. The molecule has 0 aliphatic heterocycles. The summed E-state index contributed by atoms with van der Waals surface area (Å²) in [6.07, 6.45) is 0. The van der Waals surface area contributed by atoms with Gasteiger partial charge in [-0.05, 0) is 29.8 Å². The summed E-state index contributed by atoms with van der Waals surface area (Å²) in [5, 5.41) is 0.238. The molecule has 0 spiro atoms. The van der Waals surface area contributed by atoms with Gasteiger partial charge >= 0.3 is 0 Å². The zero-order valence-corrected chi connectivity index (χ0v) is 15.0. The predicted octanol–water partition coefficient (Wildman–Crippen LogP) is 4.82. The van der Waals surface area contributed by atoms with Crippen molar-refractivity contribution >= 4 is 27.3 Å². The second-order valence-corrected chi connectivity index (χ2v) is 7.40. The van der Waals surface area contributed by atoms with E-state index >= 15 is 0 Å². The summed E-state index contributed by atoms with van der Waals surface area (Å²) in [4.78, 5) is 0.0705. The third kappa shape index (κ3) is 3.78. The van der Waals surface area contributed by atoms with Crippen LogP contribution >= 0.6 is 11.6 Å². The molecule has 0 amide bonds. The zero-order chi connectivity index (χ0) is 17.9. The molecule has 3 aromatic rings. The predicted molar refractivity (Wildman–Crippen MR) is 101 cm³/mol. The highest BCUT2D eigenvalue weighted by Crippen LogP contribution is 2.31. The number of rotatable bonds is 5. The molecular weight excluding hydrogens is 358 g/mol. The van der Waals surface area contributed by atoms with Crippen molar-refractivity contribution in [2.45, 2.75) is 4.90 Å². The lowest BCUT2D eigenvalue weighted by Crippen LogP contribution is -2.13. The minimum Gasteiger partial charge on any atom is -0.495 e. The maximum Gasteiger partial charge on any atom is 0.261 e. The van der Waals surface area contributed by atoms with Crippen molar-refractivity contribution in [2.75, 3.05) is 11.8 Å². The Morgan fingerprint density at radius 1 is 0.920 bits per heavy atom. The summed E-state index contributed by atoms with van der Waals surface area (Å²) in [6, 6.07) is 21.2. The van der Waals surface area contributed by atoms with Crippen LogP contribution in [0.25, 0.3) is 11.1 Å². The van der Waals surface area contributed by atoms with Crippen LogP contribution in [0.1, 0.15) is 0 Å². The summed E-state index contributed by atoms with van der Waals surface area (Å²) in [6.45, 7) is 0. The molecule has 3 rings (SSSR count). The molecule has 1 N–H and O–H groups in total. The van der Waals surface area contributed by atoms with Crippen molar-refractivity contribution in [2.24, 2.45) is 0 Å². The lowest BCUT2D eigenvalue weighted by molar-refractivity contribution is 0.414. The van der Waals surface area contributed by atoms with Crippen molar-refractivity contribution in [3.8, 4) is 16.9 Å². The molecule has 128 valence electrons. The minimum atomic E-state index is -3.78. The van der Waals surface area contributed by atoms with Crippen LogP contribution in [-0.2, 0) is 10.0 Å². The fraction of sp³-hybridized carbons (Fsp3) is 0.0526. The van der Waals surface area contributed by atoms with Crippen LogP contribution in [0.3, 0.4) is 0 Å². The maximum atomic E-state index is 12.7. The van der Waals surface area contributed by atoms with Gasteiger partial charge in [0.2, 0.25) is 0 Å². The minimum absolute atomic E-state index is 0.0705. The molecule has 4 nitrogen and oxygen atoms in total. The van der Waals surface area contributed by atoms with Gasteiger partial charge in [0, 0.05) is 5.56 Å². The molecule has 0 fully saturated rings. The van der Waals surface area contributed by atoms with E-state index in [2.05, 4.69) is 4.72 Å². The third-order valence-corrected chi connectivity index (χ3v) is 5.35. The van der Waals surface area contributed by atoms with Crippen LogP contribution in [0, 0.1) is 0 Å². The molecule has 0 aliphatic rings. The van der Waals surface area contributed by atoms with Crippen molar-refractivity contribution < 1.29 is 13.2 Å². The normalized spacial score (nSPS) is 11.1. The van der Waals surface area contributed by atoms with Gasteiger partial charge in [0.25, 0.3) is 10.0 Å². The quantitative estimate of drug-likeness (QED) is 0.697. The number of halogens is 1. The van der Waals surface area contributed by atoms with E-state index in [4.69, 9.17) is 16.3 Å². The topological polar surface area (TPSA) is 55.4 Å². The van der Waals surface area contributed by atoms with Gasteiger partial charge in [0.15, 0.2) is 0 Å². The molecule has 0 saturated carbocycles. The first-order valence-corrected chi connectivity index (χ1v) is 9.38. The van der Waals surface area contributed by atoms with Crippen LogP contribution in [0.5, 0.6) is 5.75 Å². The first-order valence-electron chi connectivity index (χ1n) is 7.52. The van der Waals surface area contributed by atoms with E-state index in [0.29, 0.717) is 11.4 Å². The van der Waals surface area contributed by atoms with E-state index in [9.17, 15) is 8.42 Å². The van der Waals surface area contributed by atoms with Gasteiger partial charge in [-0.2, -0.15) is 0 Å². The largest absolute Gasteiger partial charge is 0.495 e. The molecule has 0 atom stereocenters. The lowest BCUT2D eigenvalue weighted by atomic mass is 10.0. The van der Waals surface area contributed by atoms with E-state index in [1.54, 1.807) is 12.1 Å². The van der Waals surface area contributed by atoms with Gasteiger partial charge in [0.1, 0.15) is 5.75 Å². The van der Waals surface area contributed by atoms with Crippen LogP contribution in [0.2, 0.25) is 5.02 Å². The molecule has 0 aromatic heterocycles. The highest BCUT2D eigenvalue weighted by Gasteiger charge is 2.18. The molecular formula is C19H16ClNO3S. The van der Waals surface area contributed by atoms with Crippen LogP contribution in [-0.4, -0.2) is 15.5 Å². The number of nitrogens with one attached hydrogen (secondary N) is 1. The SMILES string of the molecule is COc1ccc(S(=O)(=O)Nc2ccccc2-c2ccccc2)cc1Cl. The van der Waals surface area contributed by atoms with E-state index in [1.807, 2.05) is 42.5 Å². The molecule has 0 saturated heterocycles. The lowest BCUT2D eigenvalue weighted by Gasteiger charge is -2.13. The smallest absolute Gasteiger partial charge is 0.261 e. The number of sulfonamides is 1. The average molecular weight is 374 g/mol. The second-order valence-electron chi connectivity index (χ2n) is 5.31. The summed E-state index contributed by atoms with van der Waals surface area (Å²) in [7, 11) is -2.31. The Bertz CT molecular complexity index is 989. The van der Waals surface area contributed by atoms with E-state index < -0.39 is 10.0 Å². The monoisotopic (exact) mass is 373 g/mol. The Labute approximate surface area is 152 Å². The summed E-state index contributed by atoms with van der Waals surface area (Å²) in [5.41, 5.74) is 2.22. The number of ether oxygens (including phenoxy) is 1. The van der Waals surface area contributed by atoms with Crippen LogP contribution < -0.4 is 9.46 Å². The number of anilines is 1. The first kappa shape index (κ1) is 17.3. The Morgan fingerprint density at radius 2 is 1.60 bits per heavy atom. The molecule has 3 aromatic carbocycles. The number of hydrogen-bond acceptors (Lipinski definition) is 3. The fourth-order valence-corrected chi connectivity index (χ4v) is 3.89. The van der Waals surface area contributed by atoms with Crippen LogP contribution in [0.4, 0.5) is 5.69 Å². The average Bonchev–Trinajstić information content (AvgIpc) is 2.62. The van der Waals surface area contributed by atoms with Gasteiger partial charge in [-0.15, -0.1) is 0 Å². The molecule has 0 radical (unpaired) electrons. The van der Waals surface area contributed by atoms with Gasteiger partial charge in [0.05, 0.1) is 22.7 Å². The first-order chi connectivity index (χ1) is 12.0. The maximum absolute atomic E-state index is 12.7. The number of hydrogen-bond donors (Lipinski definition) is 1. The van der Waals surface area contributed by atoms with Crippen molar-refractivity contribution in [1.29, 1.82) is 0 Å². The molecule has 25 heavy (non-hydrogen) atoms. The Kier molecular flexibility index (Phi) is 4.97.